The van der Waals surface area contributed by atoms with Crippen LogP contribution in [-0.4, -0.2) is 24.5 Å². The summed E-state index contributed by atoms with van der Waals surface area (Å²) in [7, 11) is 0. The van der Waals surface area contributed by atoms with Crippen LogP contribution in [0, 0.1) is 0 Å². The Bertz CT molecular complexity index is 3160. The van der Waals surface area contributed by atoms with E-state index in [2.05, 4.69) is 143 Å². The van der Waals surface area contributed by atoms with Gasteiger partial charge in [-0.25, -0.2) is 15.0 Å². The number of benzene rings is 7. The molecule has 0 aliphatic rings. The maximum absolute atomic E-state index is 6.25. The second kappa shape index (κ2) is 11.2. The van der Waals surface area contributed by atoms with Gasteiger partial charge in [-0.2, -0.15) is 0 Å². The van der Waals surface area contributed by atoms with Crippen LogP contribution in [0.5, 0.6) is 0 Å². The fourth-order valence-corrected chi connectivity index (χ4v) is 7.74. The number of hydrogen-bond acceptors (Lipinski definition) is 5. The van der Waals surface area contributed by atoms with Crippen molar-refractivity contribution in [1.82, 2.24) is 24.5 Å². The molecule has 242 valence electrons. The van der Waals surface area contributed by atoms with Crippen molar-refractivity contribution in [1.29, 1.82) is 0 Å². The molecule has 0 bridgehead atoms. The van der Waals surface area contributed by atoms with Gasteiger partial charge >= 0.3 is 0 Å². The molecule has 0 saturated carbocycles. The molecule has 0 atom stereocenters. The van der Waals surface area contributed by atoms with Gasteiger partial charge in [0.1, 0.15) is 11.2 Å². The average molecular weight is 666 g/mol. The molecule has 0 N–H and O–H groups in total. The first-order chi connectivity index (χ1) is 25.8. The highest BCUT2D eigenvalue weighted by Crippen LogP contribution is 2.38. The van der Waals surface area contributed by atoms with Crippen LogP contribution in [0.2, 0.25) is 0 Å². The second-order valence-electron chi connectivity index (χ2n) is 13.1. The average Bonchev–Trinajstić information content (AvgIpc) is 3.77. The Balaban J connectivity index is 1.16. The molecule has 6 nitrogen and oxygen atoms in total. The Morgan fingerprint density at radius 3 is 1.90 bits per heavy atom. The first-order valence-corrected chi connectivity index (χ1v) is 17.3. The quantitative estimate of drug-likeness (QED) is 0.175. The molecule has 6 heteroatoms. The number of fused-ring (bicyclic) bond motifs is 9. The Morgan fingerprint density at radius 2 is 1.10 bits per heavy atom. The van der Waals surface area contributed by atoms with Crippen molar-refractivity contribution in [3.8, 4) is 39.9 Å². The fourth-order valence-electron chi connectivity index (χ4n) is 7.74. The molecule has 0 aliphatic heterocycles. The van der Waals surface area contributed by atoms with Crippen LogP contribution in [0.4, 0.5) is 0 Å². The van der Waals surface area contributed by atoms with Gasteiger partial charge in [-0.15, -0.1) is 0 Å². The van der Waals surface area contributed by atoms with Crippen LogP contribution in [0.25, 0.3) is 105 Å². The van der Waals surface area contributed by atoms with E-state index in [1.165, 1.54) is 21.5 Å². The summed E-state index contributed by atoms with van der Waals surface area (Å²) in [5.74, 6) is 1.75. The van der Waals surface area contributed by atoms with Crippen LogP contribution >= 0.6 is 0 Å². The molecule has 0 unspecified atom stereocenters. The molecule has 7 aromatic carbocycles. The highest BCUT2D eigenvalue weighted by molar-refractivity contribution is 6.12. The van der Waals surface area contributed by atoms with Gasteiger partial charge in [0.2, 0.25) is 0 Å². The predicted molar refractivity (Wildman–Crippen MR) is 211 cm³/mol. The van der Waals surface area contributed by atoms with E-state index in [-0.39, 0.29) is 0 Å². The zero-order valence-corrected chi connectivity index (χ0v) is 27.7. The Hall–Kier alpha value is -7.18. The smallest absolute Gasteiger partial charge is 0.164 e. The number of rotatable bonds is 4. The summed E-state index contributed by atoms with van der Waals surface area (Å²) in [6.07, 6.45) is 3.59. The van der Waals surface area contributed by atoms with E-state index in [1.54, 1.807) is 6.20 Å². The lowest BCUT2D eigenvalue weighted by Gasteiger charge is -2.12. The first-order valence-electron chi connectivity index (χ1n) is 17.3. The summed E-state index contributed by atoms with van der Waals surface area (Å²) in [4.78, 5) is 20.0. The molecular weight excluding hydrogens is 639 g/mol. The van der Waals surface area contributed by atoms with E-state index in [4.69, 9.17) is 19.4 Å². The molecule has 0 radical (unpaired) electrons. The predicted octanol–water partition coefficient (Wildman–Crippen LogP) is 11.6. The van der Waals surface area contributed by atoms with Crippen molar-refractivity contribution in [3.63, 3.8) is 0 Å². The second-order valence-corrected chi connectivity index (χ2v) is 13.1. The molecule has 0 amide bonds. The topological polar surface area (TPSA) is 69.6 Å². The van der Waals surface area contributed by atoms with Gasteiger partial charge in [-0.3, -0.25) is 4.98 Å². The van der Waals surface area contributed by atoms with Gasteiger partial charge in [0.15, 0.2) is 17.5 Å². The molecule has 0 spiro atoms. The summed E-state index contributed by atoms with van der Waals surface area (Å²) in [6.45, 7) is 0. The highest BCUT2D eigenvalue weighted by Gasteiger charge is 2.19. The number of nitrogens with zero attached hydrogens (tertiary/aromatic N) is 5. The molecule has 4 heterocycles. The van der Waals surface area contributed by atoms with Crippen LogP contribution < -0.4 is 0 Å². The number of aromatic nitrogens is 5. The lowest BCUT2D eigenvalue weighted by molar-refractivity contribution is 0.668. The van der Waals surface area contributed by atoms with Gasteiger partial charge in [-0.05, 0) is 64.0 Å². The van der Waals surface area contributed by atoms with Crippen molar-refractivity contribution < 1.29 is 4.42 Å². The minimum Gasteiger partial charge on any atom is -0.456 e. The third-order valence-corrected chi connectivity index (χ3v) is 10.1. The van der Waals surface area contributed by atoms with Crippen molar-refractivity contribution in [3.05, 3.63) is 164 Å². The third-order valence-electron chi connectivity index (χ3n) is 10.1. The van der Waals surface area contributed by atoms with E-state index < -0.39 is 0 Å². The van der Waals surface area contributed by atoms with E-state index in [9.17, 15) is 0 Å². The molecule has 0 saturated heterocycles. The SMILES string of the molecule is c1cc(-c2nc(-c3ccc4ccc5ccccc5c4c3)nc(-c3cccc4oc5ccncc5c34)n2)cc(-n2c3ccccc3c3ccccc32)c1. The Kier molecular flexibility index (Phi) is 6.15. The van der Waals surface area contributed by atoms with Crippen LogP contribution in [0.3, 0.4) is 0 Å². The van der Waals surface area contributed by atoms with Crippen LogP contribution in [-0.2, 0) is 0 Å². The Morgan fingerprint density at radius 1 is 0.442 bits per heavy atom. The molecule has 52 heavy (non-hydrogen) atoms. The van der Waals surface area contributed by atoms with Gasteiger partial charge in [0.05, 0.1) is 11.0 Å². The minimum atomic E-state index is 0.567. The number of para-hydroxylation sites is 2. The molecule has 0 fully saturated rings. The lowest BCUT2D eigenvalue weighted by atomic mass is 9.99. The molecular formula is C46H27N5O. The Labute approximate surface area is 297 Å². The van der Waals surface area contributed by atoms with E-state index in [0.717, 1.165) is 66.1 Å². The van der Waals surface area contributed by atoms with E-state index >= 15 is 0 Å². The summed E-state index contributed by atoms with van der Waals surface area (Å²) in [5, 5.41) is 8.98. The highest BCUT2D eigenvalue weighted by atomic mass is 16.3. The van der Waals surface area contributed by atoms with Crippen LogP contribution in [0.15, 0.2) is 168 Å². The zero-order valence-electron chi connectivity index (χ0n) is 27.7. The minimum absolute atomic E-state index is 0.567. The summed E-state index contributed by atoms with van der Waals surface area (Å²) in [5.41, 5.74) is 7.52. The number of pyridine rings is 1. The van der Waals surface area contributed by atoms with Crippen molar-refractivity contribution >= 4 is 65.3 Å². The van der Waals surface area contributed by atoms with E-state index in [0.29, 0.717) is 17.5 Å². The maximum Gasteiger partial charge on any atom is 0.164 e. The largest absolute Gasteiger partial charge is 0.456 e. The standard InChI is InChI=1S/C46H27N5O/c1-2-12-33-28(9-1)19-20-29-21-22-31(26-37(29)33)45-48-44(49-46(50-45)36-15-8-18-42-43(36)38-27-47-24-23-41(38)52-42)30-10-7-11-32(25-30)51-39-16-5-3-13-34(39)35-14-4-6-17-40(35)51/h1-27H. The molecule has 0 aliphatic carbocycles. The van der Waals surface area contributed by atoms with E-state index in [1.807, 2.05) is 24.4 Å². The first kappa shape index (κ1) is 28.6. The third kappa shape index (κ3) is 4.38. The van der Waals surface area contributed by atoms with Crippen molar-refractivity contribution in [2.75, 3.05) is 0 Å². The van der Waals surface area contributed by atoms with Crippen molar-refractivity contribution in [2.24, 2.45) is 0 Å². The summed E-state index contributed by atoms with van der Waals surface area (Å²) in [6, 6.07) is 52.8. The summed E-state index contributed by atoms with van der Waals surface area (Å²) < 4.78 is 8.56. The zero-order chi connectivity index (χ0) is 34.2. The molecule has 11 rings (SSSR count). The van der Waals surface area contributed by atoms with Gasteiger partial charge < -0.3 is 8.98 Å². The van der Waals surface area contributed by atoms with Gasteiger partial charge in [0.25, 0.3) is 0 Å². The molecule has 4 aromatic heterocycles. The normalized spacial score (nSPS) is 11.8. The number of furan rings is 1. The summed E-state index contributed by atoms with van der Waals surface area (Å²) >= 11 is 0. The van der Waals surface area contributed by atoms with Gasteiger partial charge in [-0.1, -0.05) is 109 Å². The monoisotopic (exact) mass is 665 g/mol. The molecule has 11 aromatic rings. The maximum atomic E-state index is 6.25. The lowest BCUT2D eigenvalue weighted by Crippen LogP contribution is -2.01. The van der Waals surface area contributed by atoms with Gasteiger partial charge in [0, 0.05) is 56.3 Å². The van der Waals surface area contributed by atoms with Crippen LogP contribution in [0.1, 0.15) is 0 Å². The number of hydrogen-bond donors (Lipinski definition) is 0. The fraction of sp³-hybridized carbons (Fsp3) is 0. The van der Waals surface area contributed by atoms with Crippen molar-refractivity contribution in [2.45, 2.75) is 0 Å².